The number of ketones is 1. The number of hydrogen-bond donors (Lipinski definition) is 0. The lowest BCUT2D eigenvalue weighted by atomic mass is 10.1. The van der Waals surface area contributed by atoms with Gasteiger partial charge in [0.1, 0.15) is 12.4 Å². The molecule has 0 saturated carbocycles. The molecule has 3 rings (SSSR count). The molecule has 156 valence electrons. The molecule has 0 aromatic heterocycles. The van der Waals surface area contributed by atoms with Gasteiger partial charge in [0, 0.05) is 45.1 Å². The Hall–Kier alpha value is -2.31. The molecule has 0 unspecified atom stereocenters. The van der Waals surface area contributed by atoms with E-state index in [9.17, 15) is 9.59 Å². The lowest BCUT2D eigenvalue weighted by Crippen LogP contribution is -2.41. The molecule has 0 bridgehead atoms. The first-order chi connectivity index (χ1) is 13.6. The normalized spacial score (nSPS) is 15.0. The number of ether oxygens (including phenoxy) is 1. The number of carbonyl (C=O) groups is 2. The summed E-state index contributed by atoms with van der Waals surface area (Å²) in [5.74, 6) is 0.217. The van der Waals surface area contributed by atoms with Crippen LogP contribution in [0, 0.1) is 0 Å². The molecule has 0 spiro atoms. The van der Waals surface area contributed by atoms with Crippen LogP contribution in [0.5, 0.6) is 0 Å². The van der Waals surface area contributed by atoms with E-state index in [4.69, 9.17) is 4.74 Å². The van der Waals surface area contributed by atoms with Crippen molar-refractivity contribution in [3.05, 3.63) is 71.8 Å². The van der Waals surface area contributed by atoms with E-state index in [1.165, 1.54) is 11.1 Å². The second kappa shape index (κ2) is 11.6. The molecule has 1 atom stereocenters. The molecule has 0 N–H and O–H groups in total. The summed E-state index contributed by atoms with van der Waals surface area (Å²) in [6.45, 7) is 4.90. The molecule has 1 fully saturated rings. The van der Waals surface area contributed by atoms with Crippen LogP contribution in [0.2, 0.25) is 0 Å². The predicted molar refractivity (Wildman–Crippen MR) is 119 cm³/mol. The van der Waals surface area contributed by atoms with Gasteiger partial charge in [0.15, 0.2) is 0 Å². The number of piperidine rings is 1. The van der Waals surface area contributed by atoms with Crippen molar-refractivity contribution in [2.24, 2.45) is 0 Å². The summed E-state index contributed by atoms with van der Waals surface area (Å²) in [5, 5.41) is 0. The van der Waals surface area contributed by atoms with Gasteiger partial charge in [-0.05, 0) is 18.1 Å². The van der Waals surface area contributed by atoms with Crippen LogP contribution in [0.15, 0.2) is 60.7 Å². The molecular formula is C23H30N2O3S. The second-order valence-electron chi connectivity index (χ2n) is 7.33. The fourth-order valence-corrected chi connectivity index (χ4v) is 3.33. The summed E-state index contributed by atoms with van der Waals surface area (Å²) in [6, 6.07) is 20.7. The Morgan fingerprint density at radius 3 is 1.93 bits per heavy atom. The molecule has 1 heterocycles. The third-order valence-electron chi connectivity index (χ3n) is 5.11. The van der Waals surface area contributed by atoms with E-state index >= 15 is 0 Å². The van der Waals surface area contributed by atoms with Crippen LogP contribution in [0.25, 0.3) is 0 Å². The maximum atomic E-state index is 12.3. The average Bonchev–Trinajstić information content (AvgIpc) is 2.73. The van der Waals surface area contributed by atoms with E-state index in [1.54, 1.807) is 4.90 Å². The number of rotatable bonds is 7. The van der Waals surface area contributed by atoms with Crippen LogP contribution in [0.1, 0.15) is 30.9 Å². The molecule has 0 radical (unpaired) electrons. The molecule has 2 aromatic rings. The summed E-state index contributed by atoms with van der Waals surface area (Å²) in [5.41, 5.74) is 2.46. The fraction of sp³-hybridized carbons (Fsp3) is 0.391. The molecular weight excluding hydrogens is 384 g/mol. The van der Waals surface area contributed by atoms with Crippen molar-refractivity contribution in [3.8, 4) is 0 Å². The zero-order chi connectivity index (χ0) is 19.8. The number of hydrogen-bond acceptors (Lipinski definition) is 4. The summed E-state index contributed by atoms with van der Waals surface area (Å²) < 4.78 is 5.57. The monoisotopic (exact) mass is 414 g/mol. The van der Waals surface area contributed by atoms with Crippen LogP contribution in [-0.4, -0.2) is 47.4 Å². The van der Waals surface area contributed by atoms with Crippen LogP contribution in [0.3, 0.4) is 0 Å². The van der Waals surface area contributed by atoms with Crippen molar-refractivity contribution in [1.82, 2.24) is 9.80 Å². The molecule has 0 aliphatic carbocycles. The van der Waals surface area contributed by atoms with Gasteiger partial charge in [-0.3, -0.25) is 9.69 Å². The highest BCUT2D eigenvalue weighted by Crippen LogP contribution is 2.15. The summed E-state index contributed by atoms with van der Waals surface area (Å²) >= 11 is 0. The minimum absolute atomic E-state index is 0. The van der Waals surface area contributed by atoms with E-state index in [1.807, 2.05) is 36.4 Å². The first-order valence-electron chi connectivity index (χ1n) is 9.87. The topological polar surface area (TPSA) is 49.9 Å². The van der Waals surface area contributed by atoms with Gasteiger partial charge in [0.05, 0.1) is 0 Å². The number of amides is 1. The van der Waals surface area contributed by atoms with Gasteiger partial charge in [-0.25, -0.2) is 4.79 Å². The van der Waals surface area contributed by atoms with Gasteiger partial charge in [0.25, 0.3) is 0 Å². The largest absolute Gasteiger partial charge is 0.448 e. The zero-order valence-corrected chi connectivity index (χ0v) is 17.9. The highest BCUT2D eigenvalue weighted by molar-refractivity contribution is 7.59. The maximum Gasteiger partial charge on any atom is 0.409 e. The molecule has 6 heteroatoms. The minimum Gasteiger partial charge on any atom is -0.448 e. The Morgan fingerprint density at radius 2 is 1.45 bits per heavy atom. The Balaban J connectivity index is 0.00000300. The number of nitrogens with zero attached hydrogens (tertiary/aromatic N) is 2. The molecule has 5 nitrogen and oxygen atoms in total. The van der Waals surface area contributed by atoms with Crippen molar-refractivity contribution in [2.75, 3.05) is 19.7 Å². The predicted octanol–water partition coefficient (Wildman–Crippen LogP) is 3.99. The summed E-state index contributed by atoms with van der Waals surface area (Å²) in [7, 11) is 0. The van der Waals surface area contributed by atoms with Crippen LogP contribution in [0.4, 0.5) is 4.79 Å². The van der Waals surface area contributed by atoms with Gasteiger partial charge in [-0.15, -0.1) is 0 Å². The van der Waals surface area contributed by atoms with Crippen molar-refractivity contribution in [1.29, 1.82) is 0 Å². The first-order valence-corrected chi connectivity index (χ1v) is 9.87. The summed E-state index contributed by atoms with van der Waals surface area (Å²) in [4.78, 5) is 27.6. The zero-order valence-electron chi connectivity index (χ0n) is 16.9. The van der Waals surface area contributed by atoms with E-state index in [-0.39, 0.29) is 31.4 Å². The molecule has 1 aliphatic rings. The van der Waals surface area contributed by atoms with Crippen LogP contribution < -0.4 is 0 Å². The van der Waals surface area contributed by atoms with Gasteiger partial charge in [0.2, 0.25) is 0 Å². The lowest BCUT2D eigenvalue weighted by molar-refractivity contribution is -0.121. The van der Waals surface area contributed by atoms with E-state index in [0.717, 1.165) is 13.1 Å². The third-order valence-corrected chi connectivity index (χ3v) is 5.11. The first kappa shape index (κ1) is 23.0. The van der Waals surface area contributed by atoms with Gasteiger partial charge >= 0.3 is 6.09 Å². The van der Waals surface area contributed by atoms with Crippen molar-refractivity contribution >= 4 is 25.4 Å². The number of likely N-dealkylation sites (tertiary alicyclic amines) is 1. The van der Waals surface area contributed by atoms with Crippen molar-refractivity contribution < 1.29 is 14.3 Å². The fourth-order valence-electron chi connectivity index (χ4n) is 3.33. The molecule has 2 aromatic carbocycles. The average molecular weight is 415 g/mol. The van der Waals surface area contributed by atoms with Crippen LogP contribution >= 0.6 is 13.5 Å². The van der Waals surface area contributed by atoms with Gasteiger partial charge in [-0.2, -0.15) is 13.5 Å². The SMILES string of the molecule is C[C@@H](COC(=O)N1CCC(=O)CC1)N(Cc1ccccc1)Cc1ccccc1.S. The minimum atomic E-state index is -0.321. The Kier molecular flexibility index (Phi) is 9.22. The van der Waals surface area contributed by atoms with Gasteiger partial charge < -0.3 is 9.64 Å². The summed E-state index contributed by atoms with van der Waals surface area (Å²) in [6.07, 6.45) is 0.538. The standard InChI is InChI=1S/C23H28N2O3.H2S/c1-19(18-28-23(27)24-14-12-22(26)13-15-24)25(16-20-8-4-2-5-9-20)17-21-10-6-3-7-11-21;/h2-11,19H,12-18H2,1H3;1H2/t19-;/m0./s1. The van der Waals surface area contributed by atoms with E-state index in [0.29, 0.717) is 32.5 Å². The Bertz CT molecular complexity index is 719. The van der Waals surface area contributed by atoms with E-state index in [2.05, 4.69) is 36.1 Å². The molecule has 1 aliphatic heterocycles. The molecule has 1 saturated heterocycles. The van der Waals surface area contributed by atoms with Crippen molar-refractivity contribution in [3.63, 3.8) is 0 Å². The quantitative estimate of drug-likeness (QED) is 0.687. The number of benzene rings is 2. The second-order valence-corrected chi connectivity index (χ2v) is 7.33. The van der Waals surface area contributed by atoms with E-state index < -0.39 is 0 Å². The van der Waals surface area contributed by atoms with Crippen molar-refractivity contribution in [2.45, 2.75) is 38.9 Å². The molecule has 1 amide bonds. The van der Waals surface area contributed by atoms with Gasteiger partial charge in [-0.1, -0.05) is 60.7 Å². The number of Topliss-reactive ketones (excluding diaryl/α,β-unsaturated/α-hetero) is 1. The Labute approximate surface area is 180 Å². The Morgan fingerprint density at radius 1 is 0.966 bits per heavy atom. The lowest BCUT2D eigenvalue weighted by Gasteiger charge is -2.30. The maximum absolute atomic E-state index is 12.3. The smallest absolute Gasteiger partial charge is 0.409 e. The van der Waals surface area contributed by atoms with Crippen LogP contribution in [-0.2, 0) is 22.6 Å². The number of carbonyl (C=O) groups excluding carboxylic acids is 2. The third kappa shape index (κ3) is 7.22. The highest BCUT2D eigenvalue weighted by atomic mass is 32.1. The highest BCUT2D eigenvalue weighted by Gasteiger charge is 2.23. The molecule has 29 heavy (non-hydrogen) atoms.